The van der Waals surface area contributed by atoms with Gasteiger partial charge in [-0.2, -0.15) is 0 Å². The van der Waals surface area contributed by atoms with Gasteiger partial charge in [-0.05, 0) is 37.1 Å². The minimum atomic E-state index is -3.06. The highest BCUT2D eigenvalue weighted by molar-refractivity contribution is 7.89. The van der Waals surface area contributed by atoms with Crippen molar-refractivity contribution in [2.24, 2.45) is 17.1 Å². The Morgan fingerprint density at radius 2 is 2.00 bits per heavy atom. The summed E-state index contributed by atoms with van der Waals surface area (Å²) in [4.78, 5) is 0. The van der Waals surface area contributed by atoms with E-state index in [1.54, 1.807) is 0 Å². The maximum atomic E-state index is 11.5. The maximum Gasteiger partial charge on any atom is 0.211 e. The summed E-state index contributed by atoms with van der Waals surface area (Å²) in [5, 5.41) is 0. The van der Waals surface area contributed by atoms with Crippen LogP contribution in [0.3, 0.4) is 0 Å². The molecule has 1 saturated carbocycles. The molecule has 1 fully saturated rings. The van der Waals surface area contributed by atoms with Crippen molar-refractivity contribution in [3.63, 3.8) is 0 Å². The van der Waals surface area contributed by atoms with Crippen molar-refractivity contribution in [1.82, 2.24) is 4.72 Å². The second kappa shape index (κ2) is 4.80. The molecule has 0 aromatic rings. The van der Waals surface area contributed by atoms with E-state index in [4.69, 9.17) is 5.73 Å². The standard InChI is InChI=1S/C10H22N2O2S/c1-10(2)7-9(10)8-12-15(13,14)6-4-3-5-11/h9,12H,3-8,11H2,1-2H3. The van der Waals surface area contributed by atoms with Gasteiger partial charge in [0.25, 0.3) is 0 Å². The molecule has 3 N–H and O–H groups in total. The lowest BCUT2D eigenvalue weighted by atomic mass is 10.1. The number of sulfonamides is 1. The maximum absolute atomic E-state index is 11.5. The Labute approximate surface area is 92.7 Å². The van der Waals surface area contributed by atoms with Crippen LogP contribution in [0.1, 0.15) is 33.1 Å². The molecule has 1 aliphatic rings. The lowest BCUT2D eigenvalue weighted by Crippen LogP contribution is -2.29. The summed E-state index contributed by atoms with van der Waals surface area (Å²) < 4.78 is 25.7. The summed E-state index contributed by atoms with van der Waals surface area (Å²) in [6.45, 7) is 5.49. The van der Waals surface area contributed by atoms with Gasteiger partial charge in [-0.25, -0.2) is 13.1 Å². The molecule has 0 radical (unpaired) electrons. The number of rotatable bonds is 7. The monoisotopic (exact) mass is 234 g/mol. The highest BCUT2D eigenvalue weighted by Crippen LogP contribution is 2.51. The second-order valence-corrected chi connectivity index (χ2v) is 6.98. The molecule has 15 heavy (non-hydrogen) atoms. The van der Waals surface area contributed by atoms with Crippen LogP contribution in [0.15, 0.2) is 0 Å². The molecule has 1 unspecified atom stereocenters. The normalized spacial score (nSPS) is 24.1. The van der Waals surface area contributed by atoms with E-state index in [1.165, 1.54) is 0 Å². The van der Waals surface area contributed by atoms with Gasteiger partial charge < -0.3 is 5.73 Å². The molecule has 0 heterocycles. The topological polar surface area (TPSA) is 72.2 Å². The van der Waals surface area contributed by atoms with Crippen LogP contribution in [0.2, 0.25) is 0 Å². The van der Waals surface area contributed by atoms with Crippen molar-refractivity contribution in [2.75, 3.05) is 18.8 Å². The van der Waals surface area contributed by atoms with E-state index in [0.29, 0.717) is 30.8 Å². The molecular formula is C10H22N2O2S. The van der Waals surface area contributed by atoms with Crippen LogP contribution in [0, 0.1) is 11.3 Å². The number of unbranched alkanes of at least 4 members (excludes halogenated alkanes) is 1. The Balaban J connectivity index is 2.19. The molecule has 0 amide bonds. The van der Waals surface area contributed by atoms with Crippen molar-refractivity contribution in [3.8, 4) is 0 Å². The second-order valence-electron chi connectivity index (χ2n) is 5.05. The number of nitrogens with two attached hydrogens (primary N) is 1. The van der Waals surface area contributed by atoms with Crippen LogP contribution in [-0.4, -0.2) is 27.3 Å². The molecule has 1 rings (SSSR count). The van der Waals surface area contributed by atoms with Crippen LogP contribution >= 0.6 is 0 Å². The summed E-state index contributed by atoms with van der Waals surface area (Å²) in [6.07, 6.45) is 2.55. The van der Waals surface area contributed by atoms with Gasteiger partial charge in [0.2, 0.25) is 10.0 Å². The predicted molar refractivity (Wildman–Crippen MR) is 62.0 cm³/mol. The van der Waals surface area contributed by atoms with Crippen LogP contribution in [-0.2, 0) is 10.0 Å². The van der Waals surface area contributed by atoms with E-state index >= 15 is 0 Å². The van der Waals surface area contributed by atoms with Gasteiger partial charge in [-0.15, -0.1) is 0 Å². The summed E-state index contributed by atoms with van der Waals surface area (Å²) >= 11 is 0. The zero-order chi connectivity index (χ0) is 11.5. The highest BCUT2D eigenvalue weighted by Gasteiger charge is 2.45. The average Bonchev–Trinajstić information content (AvgIpc) is 2.71. The van der Waals surface area contributed by atoms with Gasteiger partial charge in [-0.3, -0.25) is 0 Å². The fourth-order valence-corrected chi connectivity index (χ4v) is 2.84. The van der Waals surface area contributed by atoms with Crippen LogP contribution < -0.4 is 10.5 Å². The lowest BCUT2D eigenvalue weighted by molar-refractivity contribution is 0.536. The molecule has 0 aromatic heterocycles. The lowest BCUT2D eigenvalue weighted by Gasteiger charge is -2.07. The van der Waals surface area contributed by atoms with Crippen molar-refractivity contribution in [3.05, 3.63) is 0 Å². The third kappa shape index (κ3) is 4.49. The first-order valence-corrected chi connectivity index (χ1v) is 7.20. The first-order valence-electron chi connectivity index (χ1n) is 5.55. The molecule has 4 nitrogen and oxygen atoms in total. The van der Waals surface area contributed by atoms with Crippen LogP contribution in [0.4, 0.5) is 0 Å². The summed E-state index contributed by atoms with van der Waals surface area (Å²) in [5.41, 5.74) is 5.64. The third-order valence-corrected chi connectivity index (χ3v) is 4.57. The Hall–Kier alpha value is -0.130. The Bertz CT molecular complexity index is 299. The molecule has 5 heteroatoms. The Morgan fingerprint density at radius 3 is 2.47 bits per heavy atom. The minimum absolute atomic E-state index is 0.206. The minimum Gasteiger partial charge on any atom is -0.330 e. The van der Waals surface area contributed by atoms with Gasteiger partial charge in [0.05, 0.1) is 5.75 Å². The molecule has 0 bridgehead atoms. The first kappa shape index (κ1) is 12.9. The highest BCUT2D eigenvalue weighted by atomic mass is 32.2. The first-order chi connectivity index (χ1) is 6.87. The molecule has 0 aliphatic heterocycles. The molecule has 1 atom stereocenters. The SMILES string of the molecule is CC1(C)CC1CNS(=O)(=O)CCCCN. The number of hydrogen-bond acceptors (Lipinski definition) is 3. The van der Waals surface area contributed by atoms with Gasteiger partial charge in [-0.1, -0.05) is 13.8 Å². The average molecular weight is 234 g/mol. The van der Waals surface area contributed by atoms with Gasteiger partial charge in [0.1, 0.15) is 0 Å². The van der Waals surface area contributed by atoms with Crippen LogP contribution in [0.25, 0.3) is 0 Å². The third-order valence-electron chi connectivity index (χ3n) is 3.13. The molecular weight excluding hydrogens is 212 g/mol. The molecule has 1 aliphatic carbocycles. The summed E-state index contributed by atoms with van der Waals surface area (Å²) in [7, 11) is -3.06. The Morgan fingerprint density at radius 1 is 1.40 bits per heavy atom. The fraction of sp³-hybridized carbons (Fsp3) is 1.00. The van der Waals surface area contributed by atoms with Crippen LogP contribution in [0.5, 0.6) is 0 Å². The largest absolute Gasteiger partial charge is 0.330 e. The number of hydrogen-bond donors (Lipinski definition) is 2. The summed E-state index contributed by atoms with van der Waals surface area (Å²) in [5.74, 6) is 0.721. The van der Waals surface area contributed by atoms with Gasteiger partial charge in [0, 0.05) is 6.54 Å². The fourth-order valence-electron chi connectivity index (χ4n) is 1.66. The van der Waals surface area contributed by atoms with E-state index in [0.717, 1.165) is 12.8 Å². The Kier molecular flexibility index (Phi) is 4.14. The van der Waals surface area contributed by atoms with Crippen molar-refractivity contribution < 1.29 is 8.42 Å². The van der Waals surface area contributed by atoms with Crippen molar-refractivity contribution in [2.45, 2.75) is 33.1 Å². The van der Waals surface area contributed by atoms with Gasteiger partial charge >= 0.3 is 0 Å². The van der Waals surface area contributed by atoms with E-state index in [1.807, 2.05) is 0 Å². The smallest absolute Gasteiger partial charge is 0.211 e. The molecule has 0 spiro atoms. The van der Waals surface area contributed by atoms with Gasteiger partial charge in [0.15, 0.2) is 0 Å². The number of nitrogens with one attached hydrogen (secondary N) is 1. The van der Waals surface area contributed by atoms with Crippen molar-refractivity contribution in [1.29, 1.82) is 0 Å². The van der Waals surface area contributed by atoms with E-state index < -0.39 is 10.0 Å². The molecule has 0 saturated heterocycles. The predicted octanol–water partition coefficient (Wildman–Crippen LogP) is 0.691. The van der Waals surface area contributed by atoms with E-state index in [9.17, 15) is 8.42 Å². The van der Waals surface area contributed by atoms with Crippen molar-refractivity contribution >= 4 is 10.0 Å². The summed E-state index contributed by atoms with van der Waals surface area (Å²) in [6, 6.07) is 0. The zero-order valence-electron chi connectivity index (χ0n) is 9.62. The van der Waals surface area contributed by atoms with E-state index in [2.05, 4.69) is 18.6 Å². The quantitative estimate of drug-likeness (QED) is 0.637. The molecule has 90 valence electrons. The zero-order valence-corrected chi connectivity index (χ0v) is 10.4. The molecule has 0 aromatic carbocycles. The van der Waals surface area contributed by atoms with E-state index in [-0.39, 0.29) is 5.75 Å².